The quantitative estimate of drug-likeness (QED) is 0.592. The number of carbonyl (C=O) groups is 2. The highest BCUT2D eigenvalue weighted by atomic mass is 35.5. The molecule has 0 aliphatic carbocycles. The molecule has 2 amide bonds. The molecule has 1 aliphatic heterocycles. The van der Waals surface area contributed by atoms with Crippen molar-refractivity contribution in [1.29, 1.82) is 0 Å². The van der Waals surface area contributed by atoms with Crippen LogP contribution in [0, 0.1) is 0 Å². The van der Waals surface area contributed by atoms with E-state index in [2.05, 4.69) is 5.32 Å². The molecule has 1 atom stereocenters. The highest BCUT2D eigenvalue weighted by molar-refractivity contribution is 6.30. The molecule has 3 rings (SSSR count). The van der Waals surface area contributed by atoms with Gasteiger partial charge in [-0.2, -0.15) is 0 Å². The molecule has 7 heteroatoms. The number of hydrogen-bond donors (Lipinski definition) is 1. The van der Waals surface area contributed by atoms with Crippen LogP contribution in [0.15, 0.2) is 42.5 Å². The Kier molecular flexibility index (Phi) is 8.18. The first-order valence-electron chi connectivity index (χ1n) is 10.7. The molecular weight excluding hydrogens is 416 g/mol. The number of halogens is 1. The van der Waals surface area contributed by atoms with Gasteiger partial charge in [0.2, 0.25) is 18.6 Å². The Labute approximate surface area is 188 Å². The minimum atomic E-state index is -0.522. The van der Waals surface area contributed by atoms with Gasteiger partial charge in [-0.05, 0) is 54.7 Å². The van der Waals surface area contributed by atoms with E-state index in [-0.39, 0.29) is 18.6 Å². The van der Waals surface area contributed by atoms with E-state index in [0.29, 0.717) is 43.1 Å². The van der Waals surface area contributed by atoms with Gasteiger partial charge >= 0.3 is 0 Å². The third kappa shape index (κ3) is 6.14. The molecule has 0 bridgehead atoms. The minimum Gasteiger partial charge on any atom is -0.454 e. The van der Waals surface area contributed by atoms with E-state index in [4.69, 9.17) is 21.1 Å². The summed E-state index contributed by atoms with van der Waals surface area (Å²) in [6.45, 7) is 5.10. The summed E-state index contributed by atoms with van der Waals surface area (Å²) in [5, 5.41) is 3.57. The lowest BCUT2D eigenvalue weighted by molar-refractivity contribution is -0.141. The van der Waals surface area contributed by atoms with E-state index in [1.165, 1.54) is 0 Å². The number of nitrogens with one attached hydrogen (secondary N) is 1. The summed E-state index contributed by atoms with van der Waals surface area (Å²) >= 11 is 6.00. The zero-order valence-electron chi connectivity index (χ0n) is 18.0. The van der Waals surface area contributed by atoms with Crippen LogP contribution in [0.2, 0.25) is 5.02 Å². The standard InChI is InChI=1S/C24H29ClN2O4/c1-3-13-26-24(29)20(4-2)27(15-18-5-9-19(25)10-6-18)23(28)12-8-17-7-11-21-22(14-17)31-16-30-21/h5-7,9-11,14,20H,3-4,8,12-13,15-16H2,1-2H3,(H,26,29)/t20-/m0/s1. The topological polar surface area (TPSA) is 67.9 Å². The third-order valence-corrected chi connectivity index (χ3v) is 5.52. The Bertz CT molecular complexity index is 901. The molecule has 2 aromatic carbocycles. The average molecular weight is 445 g/mol. The zero-order chi connectivity index (χ0) is 22.2. The highest BCUT2D eigenvalue weighted by Gasteiger charge is 2.28. The second-order valence-corrected chi connectivity index (χ2v) is 7.99. The maximum atomic E-state index is 13.3. The summed E-state index contributed by atoms with van der Waals surface area (Å²) < 4.78 is 10.8. The van der Waals surface area contributed by atoms with Crippen molar-refractivity contribution in [3.05, 3.63) is 58.6 Å². The fourth-order valence-electron chi connectivity index (χ4n) is 3.56. The normalized spacial score (nSPS) is 13.0. The molecule has 0 saturated heterocycles. The first-order chi connectivity index (χ1) is 15.0. The number of rotatable bonds is 10. The maximum Gasteiger partial charge on any atom is 0.242 e. The number of carbonyl (C=O) groups excluding carboxylic acids is 2. The number of amides is 2. The molecule has 31 heavy (non-hydrogen) atoms. The monoisotopic (exact) mass is 444 g/mol. The van der Waals surface area contributed by atoms with Gasteiger partial charge < -0.3 is 19.7 Å². The molecule has 0 spiro atoms. The largest absolute Gasteiger partial charge is 0.454 e. The number of fused-ring (bicyclic) bond motifs is 1. The van der Waals surface area contributed by atoms with Gasteiger partial charge in [0.05, 0.1) is 0 Å². The summed E-state index contributed by atoms with van der Waals surface area (Å²) in [6.07, 6.45) is 2.24. The van der Waals surface area contributed by atoms with Gasteiger partial charge in [0.15, 0.2) is 11.5 Å². The van der Waals surface area contributed by atoms with Gasteiger partial charge in [-0.3, -0.25) is 9.59 Å². The van der Waals surface area contributed by atoms with E-state index in [9.17, 15) is 9.59 Å². The van der Waals surface area contributed by atoms with Crippen LogP contribution < -0.4 is 14.8 Å². The minimum absolute atomic E-state index is 0.0638. The molecule has 6 nitrogen and oxygen atoms in total. The highest BCUT2D eigenvalue weighted by Crippen LogP contribution is 2.32. The number of hydrogen-bond acceptors (Lipinski definition) is 4. The van der Waals surface area contributed by atoms with Crippen LogP contribution in [0.1, 0.15) is 44.2 Å². The average Bonchev–Trinajstić information content (AvgIpc) is 3.25. The van der Waals surface area contributed by atoms with Crippen LogP contribution in [0.25, 0.3) is 0 Å². The van der Waals surface area contributed by atoms with E-state index < -0.39 is 6.04 Å². The lowest BCUT2D eigenvalue weighted by Gasteiger charge is -2.30. The first-order valence-corrected chi connectivity index (χ1v) is 11.1. The van der Waals surface area contributed by atoms with Crippen LogP contribution in [-0.4, -0.2) is 36.1 Å². The van der Waals surface area contributed by atoms with Gasteiger partial charge in [0.25, 0.3) is 0 Å². The fourth-order valence-corrected chi connectivity index (χ4v) is 3.69. The number of nitrogens with zero attached hydrogens (tertiary/aromatic N) is 1. The van der Waals surface area contributed by atoms with Crippen LogP contribution in [0.3, 0.4) is 0 Å². The Morgan fingerprint density at radius 3 is 2.48 bits per heavy atom. The van der Waals surface area contributed by atoms with Gasteiger partial charge in [-0.1, -0.05) is 43.6 Å². The van der Waals surface area contributed by atoms with Crippen molar-refractivity contribution in [3.63, 3.8) is 0 Å². The first kappa shape index (κ1) is 22.9. The van der Waals surface area contributed by atoms with E-state index in [0.717, 1.165) is 23.3 Å². The van der Waals surface area contributed by atoms with Crippen molar-refractivity contribution in [1.82, 2.24) is 10.2 Å². The Morgan fingerprint density at radius 2 is 1.77 bits per heavy atom. The predicted octanol–water partition coefficient (Wildman–Crippen LogP) is 4.33. The number of ether oxygens (including phenoxy) is 2. The van der Waals surface area contributed by atoms with Crippen molar-refractivity contribution < 1.29 is 19.1 Å². The Hall–Kier alpha value is -2.73. The molecule has 0 fully saturated rings. The van der Waals surface area contributed by atoms with Gasteiger partial charge in [0.1, 0.15) is 6.04 Å². The molecule has 1 aliphatic rings. The Balaban J connectivity index is 1.73. The third-order valence-electron chi connectivity index (χ3n) is 5.27. The lowest BCUT2D eigenvalue weighted by Crippen LogP contribution is -2.49. The number of benzene rings is 2. The summed E-state index contributed by atoms with van der Waals surface area (Å²) in [7, 11) is 0. The fraction of sp³-hybridized carbons (Fsp3) is 0.417. The van der Waals surface area contributed by atoms with Gasteiger partial charge in [0, 0.05) is 24.5 Å². The molecule has 0 saturated carbocycles. The van der Waals surface area contributed by atoms with E-state index >= 15 is 0 Å². The SMILES string of the molecule is CCCNC(=O)[C@H](CC)N(Cc1ccc(Cl)cc1)C(=O)CCc1ccc2c(c1)OCO2. The second kappa shape index (κ2) is 11.0. The van der Waals surface area contributed by atoms with Crippen molar-refractivity contribution in [3.8, 4) is 11.5 Å². The zero-order valence-corrected chi connectivity index (χ0v) is 18.8. The molecule has 0 radical (unpaired) electrons. The maximum absolute atomic E-state index is 13.3. The molecular formula is C24H29ClN2O4. The van der Waals surface area contributed by atoms with Crippen molar-refractivity contribution in [2.75, 3.05) is 13.3 Å². The Morgan fingerprint density at radius 1 is 1.06 bits per heavy atom. The van der Waals surface area contributed by atoms with E-state index in [1.807, 2.05) is 44.2 Å². The van der Waals surface area contributed by atoms with Crippen molar-refractivity contribution >= 4 is 23.4 Å². The molecule has 166 valence electrons. The molecule has 1 heterocycles. The molecule has 0 aromatic heterocycles. The molecule has 1 N–H and O–H groups in total. The summed E-state index contributed by atoms with van der Waals surface area (Å²) in [6, 6.07) is 12.6. The van der Waals surface area contributed by atoms with Crippen molar-refractivity contribution in [2.24, 2.45) is 0 Å². The van der Waals surface area contributed by atoms with Crippen LogP contribution in [-0.2, 0) is 22.6 Å². The number of aryl methyl sites for hydroxylation is 1. The summed E-state index contributed by atoms with van der Waals surface area (Å²) in [5.74, 6) is 1.24. The lowest BCUT2D eigenvalue weighted by atomic mass is 10.1. The van der Waals surface area contributed by atoms with Crippen molar-refractivity contribution in [2.45, 2.75) is 52.1 Å². The van der Waals surface area contributed by atoms with E-state index in [1.54, 1.807) is 17.0 Å². The van der Waals surface area contributed by atoms with Gasteiger partial charge in [-0.15, -0.1) is 0 Å². The van der Waals surface area contributed by atoms with Crippen LogP contribution in [0.5, 0.6) is 11.5 Å². The summed E-state index contributed by atoms with van der Waals surface area (Å²) in [4.78, 5) is 27.7. The predicted molar refractivity (Wildman–Crippen MR) is 120 cm³/mol. The molecule has 2 aromatic rings. The van der Waals surface area contributed by atoms with Gasteiger partial charge in [-0.25, -0.2) is 0 Å². The second-order valence-electron chi connectivity index (χ2n) is 7.55. The van der Waals surface area contributed by atoms with Crippen LogP contribution >= 0.6 is 11.6 Å². The smallest absolute Gasteiger partial charge is 0.242 e. The molecule has 0 unspecified atom stereocenters. The summed E-state index contributed by atoms with van der Waals surface area (Å²) in [5.41, 5.74) is 1.93. The van der Waals surface area contributed by atoms with Crippen LogP contribution in [0.4, 0.5) is 0 Å².